The van der Waals surface area contributed by atoms with Gasteiger partial charge < -0.3 is 24.3 Å². The van der Waals surface area contributed by atoms with Gasteiger partial charge in [-0.05, 0) is 55.1 Å². The van der Waals surface area contributed by atoms with Gasteiger partial charge in [0.25, 0.3) is 5.91 Å². The van der Waals surface area contributed by atoms with Crippen molar-refractivity contribution in [1.29, 1.82) is 5.26 Å². The van der Waals surface area contributed by atoms with Crippen molar-refractivity contribution in [3.8, 4) is 6.07 Å². The number of ether oxygens (including phenoxy) is 1. The summed E-state index contributed by atoms with van der Waals surface area (Å²) in [5.41, 5.74) is 2.62. The summed E-state index contributed by atoms with van der Waals surface area (Å²) in [6.07, 6.45) is 5.99. The Balaban J connectivity index is 1.42. The number of aliphatic imine (C=N–C) groups is 1. The lowest BCUT2D eigenvalue weighted by molar-refractivity contribution is -0.132. The van der Waals surface area contributed by atoms with Crippen molar-refractivity contribution >= 4 is 51.4 Å². The fourth-order valence-electron chi connectivity index (χ4n) is 6.98. The predicted molar refractivity (Wildman–Crippen MR) is 179 cm³/mol. The SMILES string of the molecule is [C-]#[N+]C[C@H]1CN(C2=C(C#N)C(OC[C@@H]3CCCN3C)=NC3C=C(c4cccc5cccc(Cl)c45)C(Cl)=CC23)CCN1C(=O)C(=C)F. The number of fused-ring (bicyclic) bond motifs is 2. The molecule has 1 aliphatic carbocycles. The van der Waals surface area contributed by atoms with Crippen molar-refractivity contribution in [1.82, 2.24) is 14.7 Å². The molecule has 3 heterocycles. The molecule has 2 aromatic rings. The molecule has 6 rings (SSSR count). The number of hydrogen-bond acceptors (Lipinski definition) is 6. The van der Waals surface area contributed by atoms with Crippen molar-refractivity contribution in [2.24, 2.45) is 10.9 Å². The van der Waals surface area contributed by atoms with E-state index in [1.807, 2.05) is 53.5 Å². The summed E-state index contributed by atoms with van der Waals surface area (Å²) < 4.78 is 20.3. The number of nitriles is 1. The van der Waals surface area contributed by atoms with Crippen molar-refractivity contribution in [3.05, 3.63) is 99.3 Å². The molecule has 4 aliphatic rings. The summed E-state index contributed by atoms with van der Waals surface area (Å²) in [4.78, 5) is 26.8. The first-order valence-corrected chi connectivity index (χ1v) is 16.0. The smallest absolute Gasteiger partial charge is 0.282 e. The maximum Gasteiger partial charge on any atom is 0.282 e. The summed E-state index contributed by atoms with van der Waals surface area (Å²) in [7, 11) is 2.06. The lowest BCUT2D eigenvalue weighted by Crippen LogP contribution is -2.57. The van der Waals surface area contributed by atoms with E-state index in [2.05, 4.69) is 29.4 Å². The normalized spacial score (nSPS) is 24.9. The van der Waals surface area contributed by atoms with Crippen LogP contribution >= 0.6 is 23.2 Å². The number of hydrogen-bond donors (Lipinski definition) is 0. The molecule has 4 atom stereocenters. The van der Waals surface area contributed by atoms with E-state index >= 15 is 0 Å². The largest absolute Gasteiger partial charge is 0.475 e. The lowest BCUT2D eigenvalue weighted by atomic mass is 9.82. The third-order valence-electron chi connectivity index (χ3n) is 9.30. The fourth-order valence-corrected chi connectivity index (χ4v) is 7.56. The number of allylic oxidation sites excluding steroid dienone is 2. The van der Waals surface area contributed by atoms with Gasteiger partial charge in [-0.25, -0.2) is 16.0 Å². The van der Waals surface area contributed by atoms with Crippen LogP contribution in [0.4, 0.5) is 4.39 Å². The third kappa shape index (κ3) is 5.91. The minimum Gasteiger partial charge on any atom is -0.475 e. The summed E-state index contributed by atoms with van der Waals surface area (Å²) in [6, 6.07) is 13.2. The Bertz CT molecular complexity index is 1800. The molecule has 0 radical (unpaired) electrons. The molecule has 11 heteroatoms. The quantitative estimate of drug-likeness (QED) is 0.272. The summed E-state index contributed by atoms with van der Waals surface area (Å²) in [5.74, 6) is -2.04. The van der Waals surface area contributed by atoms with Crippen LogP contribution in [0.1, 0.15) is 18.4 Å². The van der Waals surface area contributed by atoms with Crippen LogP contribution in [0.3, 0.4) is 0 Å². The van der Waals surface area contributed by atoms with Crippen molar-refractivity contribution in [3.63, 3.8) is 0 Å². The van der Waals surface area contributed by atoms with Gasteiger partial charge in [-0.2, -0.15) is 5.26 Å². The zero-order chi connectivity index (χ0) is 32.5. The first-order chi connectivity index (χ1) is 22.2. The van der Waals surface area contributed by atoms with Crippen LogP contribution in [0.15, 0.2) is 82.3 Å². The lowest BCUT2D eigenvalue weighted by Gasteiger charge is -2.44. The number of carbonyl (C=O) groups excluding carboxylic acids is 1. The van der Waals surface area contributed by atoms with E-state index in [0.717, 1.165) is 41.3 Å². The topological polar surface area (TPSA) is 76.5 Å². The highest BCUT2D eigenvalue weighted by Gasteiger charge is 2.42. The molecule has 1 amide bonds. The van der Waals surface area contributed by atoms with Gasteiger partial charge in [0.05, 0.1) is 6.04 Å². The number of piperazine rings is 1. The Morgan fingerprint density at radius 1 is 1.20 bits per heavy atom. The van der Waals surface area contributed by atoms with Crippen LogP contribution in [-0.2, 0) is 9.53 Å². The summed E-state index contributed by atoms with van der Waals surface area (Å²) >= 11 is 13.8. The highest BCUT2D eigenvalue weighted by atomic mass is 35.5. The third-order valence-corrected chi connectivity index (χ3v) is 9.94. The van der Waals surface area contributed by atoms with E-state index in [1.165, 1.54) is 4.90 Å². The van der Waals surface area contributed by atoms with Gasteiger partial charge in [0, 0.05) is 52.7 Å². The number of halogens is 3. The Kier molecular flexibility index (Phi) is 9.20. The van der Waals surface area contributed by atoms with Gasteiger partial charge in [0.15, 0.2) is 5.83 Å². The maximum atomic E-state index is 13.9. The molecule has 236 valence electrons. The number of likely N-dealkylation sites (tertiary alicyclic amines) is 1. The monoisotopic (exact) mass is 658 g/mol. The molecule has 0 spiro atoms. The van der Waals surface area contributed by atoms with Crippen molar-refractivity contribution in [2.75, 3.05) is 46.4 Å². The molecule has 0 bridgehead atoms. The van der Waals surface area contributed by atoms with Gasteiger partial charge in [-0.1, -0.05) is 66.2 Å². The molecular formula is C35H33Cl2FN6O2. The molecule has 2 saturated heterocycles. The molecule has 46 heavy (non-hydrogen) atoms. The number of amides is 1. The maximum absolute atomic E-state index is 13.9. The second kappa shape index (κ2) is 13.3. The highest BCUT2D eigenvalue weighted by molar-refractivity contribution is 6.39. The Morgan fingerprint density at radius 3 is 2.67 bits per heavy atom. The zero-order valence-electron chi connectivity index (χ0n) is 25.4. The summed E-state index contributed by atoms with van der Waals surface area (Å²) in [5, 5.41) is 13.5. The number of benzene rings is 2. The van der Waals surface area contributed by atoms with Gasteiger partial charge >= 0.3 is 0 Å². The number of dihydropyridines is 1. The second-order valence-electron chi connectivity index (χ2n) is 12.0. The Hall–Kier alpha value is -4.15. The van der Waals surface area contributed by atoms with Gasteiger partial charge in [-0.15, -0.1) is 0 Å². The van der Waals surface area contributed by atoms with Crippen LogP contribution < -0.4 is 0 Å². The molecular weight excluding hydrogens is 626 g/mol. The van der Waals surface area contributed by atoms with Crippen molar-refractivity contribution in [2.45, 2.75) is 31.0 Å². The second-order valence-corrected chi connectivity index (χ2v) is 12.8. The molecule has 2 unspecified atom stereocenters. The minimum atomic E-state index is -1.06. The Morgan fingerprint density at radius 2 is 1.98 bits per heavy atom. The van der Waals surface area contributed by atoms with Crippen LogP contribution in [0.25, 0.3) is 21.2 Å². The first-order valence-electron chi connectivity index (χ1n) is 15.3. The zero-order valence-corrected chi connectivity index (χ0v) is 26.9. The molecule has 0 aromatic heterocycles. The van der Waals surface area contributed by atoms with E-state index in [-0.39, 0.29) is 31.6 Å². The van der Waals surface area contributed by atoms with Crippen molar-refractivity contribution < 1.29 is 13.9 Å². The minimum absolute atomic E-state index is 0.0211. The number of nitrogens with zero attached hydrogens (tertiary/aromatic N) is 6. The van der Waals surface area contributed by atoms with E-state index in [0.29, 0.717) is 34.5 Å². The molecule has 0 saturated carbocycles. The van der Waals surface area contributed by atoms with E-state index in [9.17, 15) is 14.4 Å². The molecule has 2 aromatic carbocycles. The van der Waals surface area contributed by atoms with Gasteiger partial charge in [0.1, 0.15) is 24.3 Å². The first kappa shape index (κ1) is 31.8. The average Bonchev–Trinajstić information content (AvgIpc) is 3.46. The van der Waals surface area contributed by atoms with Crippen LogP contribution in [0.2, 0.25) is 5.02 Å². The number of likely N-dealkylation sites (N-methyl/N-ethyl adjacent to an activating group) is 1. The van der Waals surface area contributed by atoms with E-state index in [4.69, 9.17) is 39.5 Å². The highest BCUT2D eigenvalue weighted by Crippen LogP contribution is 2.44. The molecule has 8 nitrogen and oxygen atoms in total. The van der Waals surface area contributed by atoms with Crippen LogP contribution in [0.5, 0.6) is 0 Å². The predicted octanol–water partition coefficient (Wildman–Crippen LogP) is 6.21. The van der Waals surface area contributed by atoms with Gasteiger partial charge in [0.2, 0.25) is 12.4 Å². The molecule has 0 N–H and O–H groups in total. The van der Waals surface area contributed by atoms with Crippen LogP contribution in [-0.4, -0.2) is 91.0 Å². The van der Waals surface area contributed by atoms with Crippen LogP contribution in [0, 0.1) is 23.8 Å². The number of rotatable bonds is 6. The Labute approximate surface area is 278 Å². The van der Waals surface area contributed by atoms with E-state index in [1.54, 1.807) is 0 Å². The number of carbonyl (C=O) groups is 1. The molecule has 2 fully saturated rings. The fraction of sp³-hybridized carbons (Fsp3) is 0.371. The average molecular weight is 660 g/mol. The van der Waals surface area contributed by atoms with E-state index < -0.39 is 29.7 Å². The van der Waals surface area contributed by atoms with Gasteiger partial charge in [-0.3, -0.25) is 4.79 Å². The summed E-state index contributed by atoms with van der Waals surface area (Å²) in [6.45, 7) is 12.7. The molecule has 3 aliphatic heterocycles. The standard InChI is InChI=1S/C35H33Cl2FN6O2/c1-21(38)35(45)44-14-13-43(19-24(44)18-40-2)33-27-15-30(37)26(25-10-4-7-22-8-5-11-29(36)32(22)25)16-31(27)41-34(28(33)17-39)46-20-23-9-6-12-42(23)3/h4-5,7-8,10-11,15-16,23-24,27,31H,1,6,9,12-14,18-20H2,3H3/t23-,24-,27?,31?/m0/s1.